The van der Waals surface area contributed by atoms with Gasteiger partial charge in [-0.15, -0.1) is 0 Å². The molecule has 22 heavy (non-hydrogen) atoms. The van der Waals surface area contributed by atoms with Crippen molar-refractivity contribution < 1.29 is 29.2 Å². The highest BCUT2D eigenvalue weighted by Crippen LogP contribution is 2.40. The Morgan fingerprint density at radius 3 is 2.32 bits per heavy atom. The molecule has 0 bridgehead atoms. The summed E-state index contributed by atoms with van der Waals surface area (Å²) in [5.41, 5.74) is 1.07. The molecule has 0 saturated carbocycles. The molecule has 0 heterocycles. The van der Waals surface area contributed by atoms with E-state index in [0.717, 1.165) is 6.07 Å². The lowest BCUT2D eigenvalue weighted by Gasteiger charge is -2.31. The average molecular weight is 308 g/mol. The third kappa shape index (κ3) is 2.35. The average Bonchev–Trinajstić information content (AvgIpc) is 2.43. The Labute approximate surface area is 124 Å². The molecule has 2 aromatic rings. The lowest BCUT2D eigenvalue weighted by atomic mass is 9.77. The third-order valence-electron chi connectivity index (χ3n) is 4.09. The van der Waals surface area contributed by atoms with Crippen molar-refractivity contribution in [3.05, 3.63) is 52.6 Å². The Hall–Kier alpha value is -2.34. The van der Waals surface area contributed by atoms with Crippen molar-refractivity contribution in [2.45, 2.75) is 24.9 Å². The van der Waals surface area contributed by atoms with Gasteiger partial charge in [-0.25, -0.2) is 8.78 Å². The van der Waals surface area contributed by atoms with Gasteiger partial charge in [0.1, 0.15) is 17.3 Å². The quantitative estimate of drug-likeness (QED) is 0.652. The summed E-state index contributed by atoms with van der Waals surface area (Å²) in [6, 6.07) is 4.16. The maximum Gasteiger partial charge on any atom is 0.167 e. The molecule has 4 nitrogen and oxygen atoms in total. The fraction of sp³-hybridized carbons (Fsp3) is 0.250. The van der Waals surface area contributed by atoms with Crippen LogP contribution < -0.4 is 0 Å². The molecular weight excluding hydrogens is 294 g/mol. The number of phenolic OH excluding ortho intramolecular Hbond substituents is 3. The summed E-state index contributed by atoms with van der Waals surface area (Å²) in [4.78, 5) is 0. The normalized spacial score (nSPS) is 20.7. The van der Waals surface area contributed by atoms with Crippen molar-refractivity contribution in [1.82, 2.24) is 0 Å². The van der Waals surface area contributed by atoms with E-state index in [0.29, 0.717) is 17.2 Å². The summed E-state index contributed by atoms with van der Waals surface area (Å²) in [5, 5.41) is 39.0. The smallest absolute Gasteiger partial charge is 0.167 e. The summed E-state index contributed by atoms with van der Waals surface area (Å²) < 4.78 is 27.1. The molecule has 2 atom stereocenters. The Morgan fingerprint density at radius 2 is 1.59 bits per heavy atom. The maximum absolute atomic E-state index is 14.0. The topological polar surface area (TPSA) is 80.9 Å². The highest BCUT2D eigenvalue weighted by molar-refractivity contribution is 5.49. The molecule has 6 heteroatoms. The van der Waals surface area contributed by atoms with Crippen LogP contribution in [0, 0.1) is 11.6 Å². The number of aromatic hydroxyl groups is 3. The van der Waals surface area contributed by atoms with Crippen molar-refractivity contribution in [1.29, 1.82) is 0 Å². The van der Waals surface area contributed by atoms with Crippen molar-refractivity contribution >= 4 is 0 Å². The van der Waals surface area contributed by atoms with Crippen LogP contribution in [0.4, 0.5) is 8.78 Å². The van der Waals surface area contributed by atoms with E-state index in [1.54, 1.807) is 0 Å². The standard InChI is InChI=1S/C16H14F2O4/c17-12-6-13(18)16(22)5-10(12)11-2-7-1-8(19)3-14(20)9(7)4-15(11)21/h1,3,5-6,11,15,19-22H,2,4H2/t11-,15+/m1/s1. The van der Waals surface area contributed by atoms with E-state index in [-0.39, 0.29) is 29.9 Å². The van der Waals surface area contributed by atoms with Crippen LogP contribution in [0.2, 0.25) is 0 Å². The molecule has 116 valence electrons. The molecule has 3 rings (SSSR count). The predicted octanol–water partition coefficient (Wildman–Crippen LogP) is 2.32. The van der Waals surface area contributed by atoms with Crippen LogP contribution >= 0.6 is 0 Å². The summed E-state index contributed by atoms with van der Waals surface area (Å²) in [6.07, 6.45) is -0.772. The van der Waals surface area contributed by atoms with Gasteiger partial charge in [0.2, 0.25) is 0 Å². The first kappa shape index (κ1) is 14.6. The molecule has 0 fully saturated rings. The van der Waals surface area contributed by atoms with Crippen LogP contribution in [0.5, 0.6) is 17.2 Å². The van der Waals surface area contributed by atoms with Gasteiger partial charge in [0.25, 0.3) is 0 Å². The van der Waals surface area contributed by atoms with Gasteiger partial charge in [0.15, 0.2) is 11.6 Å². The molecule has 0 amide bonds. The molecule has 0 spiro atoms. The van der Waals surface area contributed by atoms with Crippen LogP contribution in [0.25, 0.3) is 0 Å². The maximum atomic E-state index is 14.0. The van der Waals surface area contributed by atoms with Gasteiger partial charge in [-0.05, 0) is 35.2 Å². The molecule has 0 radical (unpaired) electrons. The number of hydrogen-bond acceptors (Lipinski definition) is 4. The van der Waals surface area contributed by atoms with E-state index in [2.05, 4.69) is 0 Å². The van der Waals surface area contributed by atoms with Crippen LogP contribution in [0.3, 0.4) is 0 Å². The number of rotatable bonds is 1. The van der Waals surface area contributed by atoms with Gasteiger partial charge in [0, 0.05) is 24.5 Å². The zero-order valence-corrected chi connectivity index (χ0v) is 11.4. The molecular formula is C16H14F2O4. The fourth-order valence-electron chi connectivity index (χ4n) is 3.00. The predicted molar refractivity (Wildman–Crippen MR) is 74.0 cm³/mol. The Morgan fingerprint density at radius 1 is 0.864 bits per heavy atom. The van der Waals surface area contributed by atoms with Crippen LogP contribution in [0.1, 0.15) is 22.6 Å². The number of aliphatic hydroxyl groups excluding tert-OH is 1. The lowest BCUT2D eigenvalue weighted by Crippen LogP contribution is -2.29. The minimum absolute atomic E-state index is 0.000109. The van der Waals surface area contributed by atoms with E-state index >= 15 is 0 Å². The van der Waals surface area contributed by atoms with E-state index in [1.165, 1.54) is 12.1 Å². The van der Waals surface area contributed by atoms with E-state index in [1.807, 2.05) is 0 Å². The second-order valence-corrected chi connectivity index (χ2v) is 5.51. The second kappa shape index (κ2) is 5.14. The highest BCUT2D eigenvalue weighted by atomic mass is 19.1. The summed E-state index contributed by atoms with van der Waals surface area (Å²) >= 11 is 0. The molecule has 0 aromatic heterocycles. The van der Waals surface area contributed by atoms with Gasteiger partial charge < -0.3 is 20.4 Å². The first-order valence-electron chi connectivity index (χ1n) is 6.76. The molecule has 0 aliphatic heterocycles. The summed E-state index contributed by atoms with van der Waals surface area (Å²) in [6.45, 7) is 0. The van der Waals surface area contributed by atoms with E-state index in [9.17, 15) is 29.2 Å². The lowest BCUT2D eigenvalue weighted by molar-refractivity contribution is 0.132. The molecule has 0 unspecified atom stereocenters. The van der Waals surface area contributed by atoms with Crippen molar-refractivity contribution in [2.24, 2.45) is 0 Å². The van der Waals surface area contributed by atoms with Crippen LogP contribution in [-0.2, 0) is 12.8 Å². The molecule has 1 aliphatic rings. The Balaban J connectivity index is 2.05. The van der Waals surface area contributed by atoms with Gasteiger partial charge in [-0.1, -0.05) is 0 Å². The zero-order valence-electron chi connectivity index (χ0n) is 11.4. The number of aliphatic hydroxyl groups is 1. The number of phenols is 3. The van der Waals surface area contributed by atoms with Gasteiger partial charge in [-0.3, -0.25) is 0 Å². The molecule has 2 aromatic carbocycles. The SMILES string of the molecule is Oc1cc(O)c2c(c1)C[C@H](c1cc(O)c(F)cc1F)[C@@H](O)C2. The second-order valence-electron chi connectivity index (χ2n) is 5.51. The first-order chi connectivity index (χ1) is 10.4. The van der Waals surface area contributed by atoms with Gasteiger partial charge in [-0.2, -0.15) is 0 Å². The summed E-state index contributed by atoms with van der Waals surface area (Å²) in [7, 11) is 0. The molecule has 1 aliphatic carbocycles. The molecule has 0 saturated heterocycles. The van der Waals surface area contributed by atoms with E-state index in [4.69, 9.17) is 0 Å². The minimum Gasteiger partial charge on any atom is -0.508 e. The largest absolute Gasteiger partial charge is 0.508 e. The van der Waals surface area contributed by atoms with Crippen LogP contribution in [-0.4, -0.2) is 26.5 Å². The van der Waals surface area contributed by atoms with Crippen LogP contribution in [0.15, 0.2) is 24.3 Å². The zero-order chi connectivity index (χ0) is 16.0. The number of hydrogen-bond donors (Lipinski definition) is 4. The fourth-order valence-corrected chi connectivity index (χ4v) is 3.00. The van der Waals surface area contributed by atoms with Gasteiger partial charge in [0.05, 0.1) is 6.10 Å². The van der Waals surface area contributed by atoms with Crippen molar-refractivity contribution in [3.8, 4) is 17.2 Å². The van der Waals surface area contributed by atoms with Crippen molar-refractivity contribution in [2.75, 3.05) is 0 Å². The Kier molecular flexibility index (Phi) is 3.41. The number of fused-ring (bicyclic) bond motifs is 1. The minimum atomic E-state index is -1.07. The van der Waals surface area contributed by atoms with Crippen molar-refractivity contribution in [3.63, 3.8) is 0 Å². The number of benzene rings is 2. The highest BCUT2D eigenvalue weighted by Gasteiger charge is 2.32. The third-order valence-corrected chi connectivity index (χ3v) is 4.09. The molecule has 4 N–H and O–H groups in total. The first-order valence-corrected chi connectivity index (χ1v) is 6.76. The monoisotopic (exact) mass is 308 g/mol. The number of halogens is 2. The van der Waals surface area contributed by atoms with Gasteiger partial charge >= 0.3 is 0 Å². The Bertz CT molecular complexity index is 745. The summed E-state index contributed by atoms with van der Waals surface area (Å²) in [5.74, 6) is -3.58. The van der Waals surface area contributed by atoms with E-state index < -0.39 is 29.4 Å².